The lowest BCUT2D eigenvalue weighted by atomic mass is 10.1. The van der Waals surface area contributed by atoms with Crippen molar-refractivity contribution in [3.05, 3.63) is 45.4 Å². The molecule has 9 heteroatoms. The van der Waals surface area contributed by atoms with Gasteiger partial charge in [0.1, 0.15) is 0 Å². The van der Waals surface area contributed by atoms with E-state index >= 15 is 0 Å². The number of hydrogen-bond donors (Lipinski definition) is 0. The van der Waals surface area contributed by atoms with E-state index in [9.17, 15) is 14.4 Å². The van der Waals surface area contributed by atoms with Crippen LogP contribution in [0.2, 0.25) is 0 Å². The van der Waals surface area contributed by atoms with E-state index in [1.165, 1.54) is 4.90 Å². The van der Waals surface area contributed by atoms with Crippen LogP contribution in [0, 0.1) is 0 Å². The minimum Gasteiger partial charge on any atom is -0.345 e. The number of carbonyl (C=O) groups excluding carboxylic acids is 3. The van der Waals surface area contributed by atoms with E-state index in [-0.39, 0.29) is 24.3 Å². The molecule has 2 aliphatic rings. The van der Waals surface area contributed by atoms with Crippen molar-refractivity contribution in [3.8, 4) is 0 Å². The van der Waals surface area contributed by atoms with Gasteiger partial charge in [-0.3, -0.25) is 19.3 Å². The normalized spacial score (nSPS) is 16.7. The molecule has 3 amide bonds. The van der Waals surface area contributed by atoms with Gasteiger partial charge in [0.05, 0.1) is 11.1 Å². The van der Waals surface area contributed by atoms with E-state index in [0.29, 0.717) is 37.1 Å². The van der Waals surface area contributed by atoms with E-state index in [4.69, 9.17) is 0 Å². The maximum absolute atomic E-state index is 12.5. The van der Waals surface area contributed by atoms with Crippen molar-refractivity contribution in [1.82, 2.24) is 14.8 Å². The van der Waals surface area contributed by atoms with Crippen LogP contribution in [0.25, 0.3) is 0 Å². The quantitative estimate of drug-likeness (QED) is 0.638. The number of fused-ring (bicyclic) bond motifs is 1. The summed E-state index contributed by atoms with van der Waals surface area (Å²) in [5, 5.41) is 2.94. The summed E-state index contributed by atoms with van der Waals surface area (Å²) in [5.41, 5.74) is 0.849. The third-order valence-corrected chi connectivity index (χ3v) is 6.35. The molecule has 0 spiro atoms. The fourth-order valence-electron chi connectivity index (χ4n) is 3.53. The number of hydrogen-bond acceptors (Lipinski definition) is 6. The first-order valence-electron chi connectivity index (χ1n) is 9.12. The SMILES string of the molecule is O=C(CCCN1C(=O)c2ccc(Br)cc2C1=O)N1CCN(c2nccs2)CC1. The summed E-state index contributed by atoms with van der Waals surface area (Å²) in [5.74, 6) is -0.499. The first-order chi connectivity index (χ1) is 13.5. The highest BCUT2D eigenvalue weighted by molar-refractivity contribution is 9.10. The first kappa shape index (κ1) is 19.1. The molecule has 4 rings (SSSR count). The molecule has 1 fully saturated rings. The zero-order valence-electron chi connectivity index (χ0n) is 15.1. The number of anilines is 1. The average Bonchev–Trinajstić information content (AvgIpc) is 3.31. The number of piperazine rings is 1. The highest BCUT2D eigenvalue weighted by Gasteiger charge is 2.35. The summed E-state index contributed by atoms with van der Waals surface area (Å²) < 4.78 is 0.765. The number of amides is 3. The van der Waals surface area contributed by atoms with Crippen LogP contribution in [0.3, 0.4) is 0 Å². The molecule has 28 heavy (non-hydrogen) atoms. The molecule has 2 aliphatic heterocycles. The van der Waals surface area contributed by atoms with Crippen LogP contribution in [-0.2, 0) is 4.79 Å². The Hall–Kier alpha value is -2.26. The second kappa shape index (κ2) is 8.00. The zero-order chi connectivity index (χ0) is 19.7. The van der Waals surface area contributed by atoms with Crippen LogP contribution in [-0.4, -0.2) is 65.2 Å². The highest BCUT2D eigenvalue weighted by atomic mass is 79.9. The molecule has 0 saturated carbocycles. The predicted octanol–water partition coefficient (Wildman–Crippen LogP) is 2.63. The lowest BCUT2D eigenvalue weighted by Gasteiger charge is -2.34. The first-order valence-corrected chi connectivity index (χ1v) is 10.8. The zero-order valence-corrected chi connectivity index (χ0v) is 17.5. The molecule has 0 N–H and O–H groups in total. The number of benzene rings is 1. The van der Waals surface area contributed by atoms with Crippen LogP contribution < -0.4 is 4.90 Å². The maximum atomic E-state index is 12.5. The van der Waals surface area contributed by atoms with Gasteiger partial charge in [0.2, 0.25) is 5.91 Å². The topological polar surface area (TPSA) is 73.8 Å². The number of imide groups is 1. The van der Waals surface area contributed by atoms with Gasteiger partial charge in [0, 0.05) is 55.2 Å². The van der Waals surface area contributed by atoms with Crippen molar-refractivity contribution in [2.45, 2.75) is 12.8 Å². The molecule has 7 nitrogen and oxygen atoms in total. The molecule has 0 aliphatic carbocycles. The summed E-state index contributed by atoms with van der Waals surface area (Å²) in [4.78, 5) is 47.0. The molecule has 1 saturated heterocycles. The van der Waals surface area contributed by atoms with Crippen molar-refractivity contribution in [3.63, 3.8) is 0 Å². The Balaban J connectivity index is 1.26. The van der Waals surface area contributed by atoms with E-state index < -0.39 is 0 Å². The van der Waals surface area contributed by atoms with Gasteiger partial charge in [-0.05, 0) is 24.6 Å². The van der Waals surface area contributed by atoms with Crippen LogP contribution >= 0.6 is 27.3 Å². The number of nitrogens with zero attached hydrogens (tertiary/aromatic N) is 4. The number of rotatable bonds is 5. The lowest BCUT2D eigenvalue weighted by molar-refractivity contribution is -0.131. The lowest BCUT2D eigenvalue weighted by Crippen LogP contribution is -2.48. The van der Waals surface area contributed by atoms with Crippen molar-refractivity contribution < 1.29 is 14.4 Å². The number of aromatic nitrogens is 1. The minimum absolute atomic E-state index is 0.0677. The van der Waals surface area contributed by atoms with Gasteiger partial charge in [-0.25, -0.2) is 4.98 Å². The Morgan fingerprint density at radius 3 is 2.57 bits per heavy atom. The van der Waals surface area contributed by atoms with Crippen LogP contribution in [0.15, 0.2) is 34.2 Å². The van der Waals surface area contributed by atoms with E-state index in [0.717, 1.165) is 22.7 Å². The monoisotopic (exact) mass is 462 g/mol. The molecule has 3 heterocycles. The van der Waals surface area contributed by atoms with Gasteiger partial charge >= 0.3 is 0 Å². The van der Waals surface area contributed by atoms with E-state index in [2.05, 4.69) is 25.8 Å². The third-order valence-electron chi connectivity index (χ3n) is 5.03. The molecular formula is C19H19BrN4O3S. The highest BCUT2D eigenvalue weighted by Crippen LogP contribution is 2.26. The van der Waals surface area contributed by atoms with Crippen molar-refractivity contribution in [2.75, 3.05) is 37.6 Å². The summed E-state index contributed by atoms with van der Waals surface area (Å²) in [6.45, 7) is 3.13. The number of halogens is 1. The summed E-state index contributed by atoms with van der Waals surface area (Å²) in [6, 6.07) is 5.08. The smallest absolute Gasteiger partial charge is 0.261 e. The van der Waals surface area contributed by atoms with Crippen molar-refractivity contribution >= 4 is 50.1 Å². The second-order valence-electron chi connectivity index (χ2n) is 6.74. The van der Waals surface area contributed by atoms with Crippen LogP contribution in [0.4, 0.5) is 5.13 Å². The average molecular weight is 463 g/mol. The molecule has 1 aromatic carbocycles. The van der Waals surface area contributed by atoms with Gasteiger partial charge < -0.3 is 9.80 Å². The minimum atomic E-state index is -0.286. The Kier molecular flexibility index (Phi) is 5.45. The van der Waals surface area contributed by atoms with E-state index in [1.54, 1.807) is 35.7 Å². The Morgan fingerprint density at radius 1 is 1.11 bits per heavy atom. The number of carbonyl (C=O) groups is 3. The summed E-state index contributed by atoms with van der Waals surface area (Å²) in [6.07, 6.45) is 2.59. The van der Waals surface area contributed by atoms with E-state index in [1.807, 2.05) is 10.3 Å². The molecule has 2 aromatic rings. The molecule has 146 valence electrons. The second-order valence-corrected chi connectivity index (χ2v) is 8.53. The van der Waals surface area contributed by atoms with Crippen molar-refractivity contribution in [1.29, 1.82) is 0 Å². The predicted molar refractivity (Wildman–Crippen MR) is 110 cm³/mol. The molecule has 0 unspecified atom stereocenters. The number of thiazole rings is 1. The van der Waals surface area contributed by atoms with Crippen molar-refractivity contribution in [2.24, 2.45) is 0 Å². The van der Waals surface area contributed by atoms with Gasteiger partial charge in [-0.2, -0.15) is 0 Å². The van der Waals surface area contributed by atoms with Crippen LogP contribution in [0.5, 0.6) is 0 Å². The summed E-state index contributed by atoms with van der Waals surface area (Å²) in [7, 11) is 0. The largest absolute Gasteiger partial charge is 0.345 e. The van der Waals surface area contributed by atoms with Gasteiger partial charge in [-0.1, -0.05) is 15.9 Å². The summed E-state index contributed by atoms with van der Waals surface area (Å²) >= 11 is 4.93. The van der Waals surface area contributed by atoms with Gasteiger partial charge in [0.15, 0.2) is 5.13 Å². The third kappa shape index (κ3) is 3.68. The standard InChI is InChI=1S/C19H19BrN4O3S/c20-13-3-4-14-15(12-13)18(27)24(17(14)26)6-1-2-16(25)22-7-9-23(10-8-22)19-21-5-11-28-19/h3-5,11-12H,1-2,6-10H2. The van der Waals surface area contributed by atoms with Gasteiger partial charge in [-0.15, -0.1) is 11.3 Å². The Bertz CT molecular complexity index is 910. The van der Waals surface area contributed by atoms with Crippen LogP contribution in [0.1, 0.15) is 33.6 Å². The Labute approximate surface area is 175 Å². The fourth-order valence-corrected chi connectivity index (χ4v) is 4.59. The molecule has 0 radical (unpaired) electrons. The molecular weight excluding hydrogens is 444 g/mol. The van der Waals surface area contributed by atoms with Gasteiger partial charge in [0.25, 0.3) is 11.8 Å². The Morgan fingerprint density at radius 2 is 1.86 bits per heavy atom. The fraction of sp³-hybridized carbons (Fsp3) is 0.368. The molecule has 1 aromatic heterocycles. The molecule has 0 atom stereocenters. The molecule has 0 bridgehead atoms. The maximum Gasteiger partial charge on any atom is 0.261 e.